The number of carboxylic acids is 1. The van der Waals surface area contributed by atoms with Crippen molar-refractivity contribution in [1.82, 2.24) is 5.32 Å². The number of carbonyl (C=O) groups is 1. The summed E-state index contributed by atoms with van der Waals surface area (Å²) in [6.45, 7) is 1.16. The molecule has 0 aliphatic carbocycles. The summed E-state index contributed by atoms with van der Waals surface area (Å²) in [5.41, 5.74) is 2.38. The highest BCUT2D eigenvalue weighted by atomic mass is 32.2. The Kier molecular flexibility index (Phi) is 7.94. The predicted octanol–water partition coefficient (Wildman–Crippen LogP) is 2.53. The molecular formula is C20H21FN2O3S. The fourth-order valence-corrected chi connectivity index (χ4v) is 3.82. The van der Waals surface area contributed by atoms with Gasteiger partial charge in [0.15, 0.2) is 17.3 Å². The van der Waals surface area contributed by atoms with Crippen molar-refractivity contribution in [2.75, 3.05) is 26.0 Å². The highest BCUT2D eigenvalue weighted by Gasteiger charge is 2.20. The second-order valence-corrected chi connectivity index (χ2v) is 7.66. The van der Waals surface area contributed by atoms with Crippen molar-refractivity contribution < 1.29 is 19.0 Å². The number of thiol groups is 1. The lowest BCUT2D eigenvalue weighted by atomic mass is 10.2. The maximum Gasteiger partial charge on any atom is 0.355 e. The van der Waals surface area contributed by atoms with E-state index in [4.69, 9.17) is 16.3 Å². The Balaban J connectivity index is 1.84. The highest BCUT2D eigenvalue weighted by Crippen LogP contribution is 2.40. The molecule has 1 unspecified atom stereocenters. The summed E-state index contributed by atoms with van der Waals surface area (Å²) in [4.78, 5) is 15.9. The molecule has 1 heterocycles. The Morgan fingerprint density at radius 1 is 1.44 bits per heavy atom. The van der Waals surface area contributed by atoms with Gasteiger partial charge >= 0.3 is 5.97 Å². The Morgan fingerprint density at radius 3 is 2.96 bits per heavy atom. The third-order valence-corrected chi connectivity index (χ3v) is 5.43. The molecule has 1 aliphatic rings. The predicted molar refractivity (Wildman–Crippen MR) is 108 cm³/mol. The molecule has 142 valence electrons. The first-order chi connectivity index (χ1) is 13.0. The summed E-state index contributed by atoms with van der Waals surface area (Å²) < 4.78 is 19.6. The summed E-state index contributed by atoms with van der Waals surface area (Å²) in [5.74, 6) is 6.81. The molecule has 0 radical (unpaired) electrons. The maximum absolute atomic E-state index is 14.1. The number of carboxylic acid groups (broad SMARTS) is 1. The standard InChI is InChI=1S/C20H21FN2O3S/c1-3-10-22-11-4-6-15-8-9-17(16(21)13-15)26-12-5-7-18-19(20(24)25)23-14-27(18)2/h1,8-9,13-14,22,27H,5,7,10-12H2,2H3,(H,24,25). The van der Waals surface area contributed by atoms with Crippen LogP contribution >= 0.6 is 10.9 Å². The second-order valence-electron chi connectivity index (χ2n) is 5.66. The number of hydrogen-bond donors (Lipinski definition) is 3. The van der Waals surface area contributed by atoms with Gasteiger partial charge in [0, 0.05) is 16.0 Å². The zero-order chi connectivity index (χ0) is 19.6. The van der Waals surface area contributed by atoms with Crippen molar-refractivity contribution in [2.24, 2.45) is 4.99 Å². The number of halogens is 1. The van der Waals surface area contributed by atoms with Crippen molar-refractivity contribution in [1.29, 1.82) is 0 Å². The average Bonchev–Trinajstić information content (AvgIpc) is 3.01. The molecule has 1 aromatic rings. The molecule has 1 aromatic carbocycles. The van der Waals surface area contributed by atoms with Crippen molar-refractivity contribution >= 4 is 22.4 Å². The second kappa shape index (κ2) is 10.4. The third kappa shape index (κ3) is 6.18. The van der Waals surface area contributed by atoms with E-state index >= 15 is 0 Å². The van der Waals surface area contributed by atoms with Crippen molar-refractivity contribution in [2.45, 2.75) is 12.8 Å². The summed E-state index contributed by atoms with van der Waals surface area (Å²) in [6.07, 6.45) is 8.23. The quantitative estimate of drug-likeness (QED) is 0.364. The Morgan fingerprint density at radius 2 is 2.26 bits per heavy atom. The SMILES string of the molecule is C#CCNCC#Cc1ccc(OCCCC2=C(C(=O)O)N=C[SH]2C)c(F)c1. The minimum Gasteiger partial charge on any atom is -0.491 e. The Labute approximate surface area is 161 Å². The first kappa shape index (κ1) is 20.6. The van der Waals surface area contributed by atoms with Gasteiger partial charge in [-0.25, -0.2) is 14.2 Å². The van der Waals surface area contributed by atoms with Crippen LogP contribution in [0.15, 0.2) is 33.8 Å². The molecule has 0 saturated heterocycles. The molecule has 2 N–H and O–H groups in total. The molecule has 0 fully saturated rings. The monoisotopic (exact) mass is 388 g/mol. The molecule has 2 rings (SSSR count). The molecule has 5 nitrogen and oxygen atoms in total. The Hall–Kier alpha value is -2.74. The number of nitrogens with zero attached hydrogens (tertiary/aromatic N) is 1. The van der Waals surface area contributed by atoms with Gasteiger partial charge in [0.2, 0.25) is 0 Å². The van der Waals surface area contributed by atoms with Crippen LogP contribution in [0.5, 0.6) is 5.75 Å². The molecule has 1 aliphatic heterocycles. The fraction of sp³-hybridized carbons (Fsp3) is 0.300. The van der Waals surface area contributed by atoms with Crippen LogP contribution in [0.4, 0.5) is 4.39 Å². The molecule has 0 aromatic heterocycles. The molecular weight excluding hydrogens is 367 g/mol. The van der Waals surface area contributed by atoms with Gasteiger partial charge in [-0.05, 0) is 37.3 Å². The van der Waals surface area contributed by atoms with Gasteiger partial charge in [0.05, 0.1) is 19.7 Å². The van der Waals surface area contributed by atoms with Gasteiger partial charge in [-0.3, -0.25) is 5.32 Å². The molecule has 0 spiro atoms. The molecule has 7 heteroatoms. The average molecular weight is 388 g/mol. The molecule has 1 atom stereocenters. The van der Waals surface area contributed by atoms with Gasteiger partial charge in [0.1, 0.15) is 0 Å². The number of hydrogen-bond acceptors (Lipinski definition) is 4. The molecule has 0 amide bonds. The smallest absolute Gasteiger partial charge is 0.355 e. The lowest BCUT2D eigenvalue weighted by molar-refractivity contribution is -0.132. The largest absolute Gasteiger partial charge is 0.491 e. The first-order valence-corrected chi connectivity index (χ1v) is 10.2. The van der Waals surface area contributed by atoms with E-state index in [1.165, 1.54) is 6.07 Å². The van der Waals surface area contributed by atoms with Gasteiger partial charge in [-0.1, -0.05) is 17.8 Å². The minimum absolute atomic E-state index is 0.134. The van der Waals surface area contributed by atoms with Crippen LogP contribution in [0.1, 0.15) is 18.4 Å². The van der Waals surface area contributed by atoms with Crippen LogP contribution in [0.2, 0.25) is 0 Å². The molecule has 0 saturated carbocycles. The van der Waals surface area contributed by atoms with Crippen LogP contribution in [0, 0.1) is 30.0 Å². The van der Waals surface area contributed by atoms with Crippen LogP contribution in [0.3, 0.4) is 0 Å². The van der Waals surface area contributed by atoms with Crippen molar-refractivity contribution in [3.05, 3.63) is 40.2 Å². The van der Waals surface area contributed by atoms with Gasteiger partial charge in [0.25, 0.3) is 0 Å². The third-order valence-electron chi connectivity index (χ3n) is 3.68. The maximum atomic E-state index is 14.1. The van der Waals surface area contributed by atoms with Crippen molar-refractivity contribution in [3.8, 4) is 29.9 Å². The van der Waals surface area contributed by atoms with Gasteiger partial charge in [-0.2, -0.15) is 10.9 Å². The normalized spacial score (nSPS) is 16.6. The van der Waals surface area contributed by atoms with Crippen LogP contribution in [-0.2, 0) is 4.79 Å². The summed E-state index contributed by atoms with van der Waals surface area (Å²) in [6, 6.07) is 4.56. The number of rotatable bonds is 8. The topological polar surface area (TPSA) is 70.9 Å². The van der Waals surface area contributed by atoms with Crippen LogP contribution in [-0.4, -0.2) is 42.6 Å². The number of benzene rings is 1. The first-order valence-electron chi connectivity index (χ1n) is 8.31. The van der Waals surface area contributed by atoms with Gasteiger partial charge in [-0.15, -0.1) is 6.42 Å². The van der Waals surface area contributed by atoms with E-state index in [0.717, 1.165) is 4.91 Å². The number of allylic oxidation sites excluding steroid dienone is 1. The molecule has 27 heavy (non-hydrogen) atoms. The van der Waals surface area contributed by atoms with E-state index in [0.29, 0.717) is 31.5 Å². The van der Waals surface area contributed by atoms with E-state index in [1.807, 2.05) is 6.26 Å². The van der Waals surface area contributed by atoms with Gasteiger partial charge < -0.3 is 9.84 Å². The summed E-state index contributed by atoms with van der Waals surface area (Å²) >= 11 is 0. The molecule has 0 bridgehead atoms. The van der Waals surface area contributed by atoms with E-state index < -0.39 is 22.7 Å². The number of aliphatic imine (C=N–C) groups is 1. The lowest BCUT2D eigenvalue weighted by Gasteiger charge is -2.12. The van der Waals surface area contributed by atoms with E-state index in [1.54, 1.807) is 17.7 Å². The van der Waals surface area contributed by atoms with E-state index in [-0.39, 0.29) is 18.1 Å². The number of ether oxygens (including phenoxy) is 1. The minimum atomic E-state index is -1.01. The zero-order valence-electron chi connectivity index (χ0n) is 15.0. The van der Waals surface area contributed by atoms with Crippen LogP contribution < -0.4 is 10.1 Å². The van der Waals surface area contributed by atoms with Crippen molar-refractivity contribution in [3.63, 3.8) is 0 Å². The highest BCUT2D eigenvalue weighted by molar-refractivity contribution is 8.31. The van der Waals surface area contributed by atoms with E-state index in [9.17, 15) is 9.18 Å². The zero-order valence-corrected chi connectivity index (χ0v) is 15.9. The lowest BCUT2D eigenvalue weighted by Crippen LogP contribution is -2.13. The summed E-state index contributed by atoms with van der Waals surface area (Å²) in [7, 11) is -0.646. The van der Waals surface area contributed by atoms with Crippen LogP contribution in [0.25, 0.3) is 0 Å². The summed E-state index contributed by atoms with van der Waals surface area (Å²) in [5, 5.41) is 12.1. The number of terminal acetylenes is 1. The fourth-order valence-electron chi connectivity index (χ4n) is 2.39. The number of nitrogens with one attached hydrogen (secondary N) is 1. The Bertz CT molecular complexity index is 862. The van der Waals surface area contributed by atoms with E-state index in [2.05, 4.69) is 28.1 Å². The number of aliphatic carboxylic acids is 1.